The molecule has 3 atom stereocenters. The standard InChI is InChI=1S/C11H15N5O/c1-2-17-9-5-7(13)10(9)16-11-8(6-12)14-3-4-15-11/h3-4,7,9-10H,2,5,13H2,1H3,(H,15,16). The third kappa shape index (κ3) is 2.35. The molecule has 1 fully saturated rings. The average Bonchev–Trinajstić information content (AvgIpc) is 2.36. The summed E-state index contributed by atoms with van der Waals surface area (Å²) in [4.78, 5) is 8.03. The second-order valence-corrected chi connectivity index (χ2v) is 3.93. The summed E-state index contributed by atoms with van der Waals surface area (Å²) in [5.74, 6) is 0.472. The van der Waals surface area contributed by atoms with Crippen LogP contribution < -0.4 is 11.1 Å². The van der Waals surface area contributed by atoms with Crippen LogP contribution in [0.2, 0.25) is 0 Å². The van der Waals surface area contributed by atoms with E-state index in [2.05, 4.69) is 15.3 Å². The summed E-state index contributed by atoms with van der Waals surface area (Å²) < 4.78 is 5.53. The quantitative estimate of drug-likeness (QED) is 0.774. The highest BCUT2D eigenvalue weighted by Crippen LogP contribution is 2.26. The van der Waals surface area contributed by atoms with Gasteiger partial charge in [-0.3, -0.25) is 0 Å². The molecule has 1 aromatic heterocycles. The summed E-state index contributed by atoms with van der Waals surface area (Å²) in [6, 6.07) is 2.02. The largest absolute Gasteiger partial charge is 0.376 e. The Kier molecular flexibility index (Phi) is 3.52. The Hall–Kier alpha value is -1.71. The summed E-state index contributed by atoms with van der Waals surface area (Å²) in [6.45, 7) is 2.60. The van der Waals surface area contributed by atoms with Crippen molar-refractivity contribution < 1.29 is 4.74 Å². The average molecular weight is 233 g/mol. The molecule has 1 aliphatic carbocycles. The van der Waals surface area contributed by atoms with E-state index in [1.807, 2.05) is 13.0 Å². The molecule has 1 aliphatic rings. The Bertz CT molecular complexity index is 428. The lowest BCUT2D eigenvalue weighted by molar-refractivity contribution is -0.0127. The molecule has 6 heteroatoms. The van der Waals surface area contributed by atoms with Gasteiger partial charge in [-0.15, -0.1) is 0 Å². The van der Waals surface area contributed by atoms with E-state index in [-0.39, 0.29) is 23.9 Å². The minimum Gasteiger partial charge on any atom is -0.376 e. The Balaban J connectivity index is 2.07. The van der Waals surface area contributed by atoms with E-state index in [0.717, 1.165) is 6.42 Å². The summed E-state index contributed by atoms with van der Waals surface area (Å²) in [6.07, 6.45) is 3.95. The first-order chi connectivity index (χ1) is 8.26. The van der Waals surface area contributed by atoms with Crippen LogP contribution in [0.3, 0.4) is 0 Å². The topological polar surface area (TPSA) is 96.8 Å². The molecule has 0 aromatic carbocycles. The van der Waals surface area contributed by atoms with Gasteiger partial charge in [0.2, 0.25) is 0 Å². The molecule has 17 heavy (non-hydrogen) atoms. The SMILES string of the molecule is CCOC1CC(N)C1Nc1nccnc1C#N. The van der Waals surface area contributed by atoms with E-state index in [9.17, 15) is 0 Å². The molecular formula is C11H15N5O. The van der Waals surface area contributed by atoms with Gasteiger partial charge in [0.05, 0.1) is 12.1 Å². The highest BCUT2D eigenvalue weighted by Gasteiger charge is 2.39. The number of ether oxygens (including phenoxy) is 1. The van der Waals surface area contributed by atoms with Crippen LogP contribution in [0.25, 0.3) is 0 Å². The van der Waals surface area contributed by atoms with Crippen molar-refractivity contribution in [2.75, 3.05) is 11.9 Å². The second kappa shape index (κ2) is 5.08. The van der Waals surface area contributed by atoms with Gasteiger partial charge < -0.3 is 15.8 Å². The first-order valence-electron chi connectivity index (χ1n) is 5.61. The number of nitrogens with two attached hydrogens (primary N) is 1. The molecule has 90 valence electrons. The first kappa shape index (κ1) is 11.8. The highest BCUT2D eigenvalue weighted by molar-refractivity contribution is 5.48. The first-order valence-corrected chi connectivity index (χ1v) is 5.61. The van der Waals surface area contributed by atoms with Crippen molar-refractivity contribution in [2.24, 2.45) is 5.73 Å². The zero-order valence-corrected chi connectivity index (χ0v) is 9.63. The van der Waals surface area contributed by atoms with Crippen LogP contribution >= 0.6 is 0 Å². The van der Waals surface area contributed by atoms with Crippen LogP contribution in [0.5, 0.6) is 0 Å². The Morgan fingerprint density at radius 1 is 1.59 bits per heavy atom. The van der Waals surface area contributed by atoms with Crippen molar-refractivity contribution in [3.05, 3.63) is 18.1 Å². The van der Waals surface area contributed by atoms with Crippen LogP contribution in [0.4, 0.5) is 5.82 Å². The second-order valence-electron chi connectivity index (χ2n) is 3.93. The number of anilines is 1. The van der Waals surface area contributed by atoms with Gasteiger partial charge in [-0.2, -0.15) is 5.26 Å². The number of hydrogen-bond acceptors (Lipinski definition) is 6. The predicted molar refractivity (Wildman–Crippen MR) is 62.2 cm³/mol. The van der Waals surface area contributed by atoms with Crippen LogP contribution in [0, 0.1) is 11.3 Å². The van der Waals surface area contributed by atoms with Gasteiger partial charge in [-0.1, -0.05) is 0 Å². The fourth-order valence-electron chi connectivity index (χ4n) is 1.91. The Morgan fingerprint density at radius 3 is 3.00 bits per heavy atom. The maximum Gasteiger partial charge on any atom is 0.182 e. The lowest BCUT2D eigenvalue weighted by Crippen LogP contribution is -2.60. The van der Waals surface area contributed by atoms with Gasteiger partial charge in [0.1, 0.15) is 6.07 Å². The molecule has 1 saturated carbocycles. The lowest BCUT2D eigenvalue weighted by atomic mass is 9.83. The molecule has 0 spiro atoms. The number of nitrogens with zero attached hydrogens (tertiary/aromatic N) is 3. The van der Waals surface area contributed by atoms with E-state index in [1.54, 1.807) is 6.20 Å². The van der Waals surface area contributed by atoms with Gasteiger partial charge in [0, 0.05) is 25.0 Å². The van der Waals surface area contributed by atoms with E-state index in [0.29, 0.717) is 12.4 Å². The number of hydrogen-bond donors (Lipinski definition) is 2. The van der Waals surface area contributed by atoms with Crippen molar-refractivity contribution in [3.63, 3.8) is 0 Å². The van der Waals surface area contributed by atoms with Crippen molar-refractivity contribution in [1.82, 2.24) is 9.97 Å². The van der Waals surface area contributed by atoms with E-state index >= 15 is 0 Å². The summed E-state index contributed by atoms with van der Waals surface area (Å²) >= 11 is 0. The van der Waals surface area contributed by atoms with Crippen LogP contribution in [-0.4, -0.2) is 34.8 Å². The van der Waals surface area contributed by atoms with Gasteiger partial charge >= 0.3 is 0 Å². The fraction of sp³-hybridized carbons (Fsp3) is 0.545. The van der Waals surface area contributed by atoms with E-state index in [4.69, 9.17) is 15.7 Å². The van der Waals surface area contributed by atoms with E-state index in [1.165, 1.54) is 6.20 Å². The number of aromatic nitrogens is 2. The van der Waals surface area contributed by atoms with Crippen molar-refractivity contribution in [2.45, 2.75) is 31.5 Å². The third-order valence-electron chi connectivity index (χ3n) is 2.85. The number of nitriles is 1. The van der Waals surface area contributed by atoms with Gasteiger partial charge in [0.25, 0.3) is 0 Å². The van der Waals surface area contributed by atoms with E-state index < -0.39 is 0 Å². The Morgan fingerprint density at radius 2 is 2.35 bits per heavy atom. The molecule has 1 aromatic rings. The molecule has 0 saturated heterocycles. The fourth-order valence-corrected chi connectivity index (χ4v) is 1.91. The minimum absolute atomic E-state index is 0.00116. The zero-order valence-electron chi connectivity index (χ0n) is 9.63. The van der Waals surface area contributed by atoms with Crippen molar-refractivity contribution in [1.29, 1.82) is 5.26 Å². The van der Waals surface area contributed by atoms with Gasteiger partial charge in [0.15, 0.2) is 11.5 Å². The summed E-state index contributed by atoms with van der Waals surface area (Å²) in [7, 11) is 0. The molecule has 1 heterocycles. The molecule has 6 nitrogen and oxygen atoms in total. The van der Waals surface area contributed by atoms with Gasteiger partial charge in [-0.25, -0.2) is 9.97 Å². The number of rotatable bonds is 4. The van der Waals surface area contributed by atoms with Crippen molar-refractivity contribution in [3.8, 4) is 6.07 Å². The zero-order chi connectivity index (χ0) is 12.3. The molecule has 0 amide bonds. The smallest absolute Gasteiger partial charge is 0.182 e. The van der Waals surface area contributed by atoms with Crippen LogP contribution in [0.15, 0.2) is 12.4 Å². The number of nitrogens with one attached hydrogen (secondary N) is 1. The van der Waals surface area contributed by atoms with Crippen LogP contribution in [-0.2, 0) is 4.74 Å². The maximum absolute atomic E-state index is 8.90. The molecule has 3 N–H and O–H groups in total. The van der Waals surface area contributed by atoms with Crippen molar-refractivity contribution >= 4 is 5.82 Å². The molecule has 0 aliphatic heterocycles. The third-order valence-corrected chi connectivity index (χ3v) is 2.85. The van der Waals surface area contributed by atoms with Crippen LogP contribution in [0.1, 0.15) is 19.0 Å². The highest BCUT2D eigenvalue weighted by atomic mass is 16.5. The molecule has 3 unspecified atom stereocenters. The lowest BCUT2D eigenvalue weighted by Gasteiger charge is -2.42. The molecule has 0 bridgehead atoms. The predicted octanol–water partition coefficient (Wildman–Crippen LogP) is 0.265. The molecule has 0 radical (unpaired) electrons. The monoisotopic (exact) mass is 233 g/mol. The normalized spacial score (nSPS) is 27.0. The molecular weight excluding hydrogens is 218 g/mol. The van der Waals surface area contributed by atoms with Gasteiger partial charge in [-0.05, 0) is 13.3 Å². The summed E-state index contributed by atoms with van der Waals surface area (Å²) in [5.41, 5.74) is 6.19. The maximum atomic E-state index is 8.90. The summed E-state index contributed by atoms with van der Waals surface area (Å²) in [5, 5.41) is 12.0. The molecule has 2 rings (SSSR count). The Labute approximate surface area is 99.8 Å². The minimum atomic E-state index is -0.00116.